The zero-order valence-electron chi connectivity index (χ0n) is 16.0. The van der Waals surface area contributed by atoms with Crippen LogP contribution < -0.4 is 4.74 Å². The highest BCUT2D eigenvalue weighted by molar-refractivity contribution is 9.10. The van der Waals surface area contributed by atoms with Gasteiger partial charge >= 0.3 is 11.7 Å². The second-order valence-corrected chi connectivity index (χ2v) is 7.30. The zero-order valence-corrected chi connectivity index (χ0v) is 17.6. The summed E-state index contributed by atoms with van der Waals surface area (Å²) in [6, 6.07) is 19.2. The monoisotopic (exact) mass is 464 g/mol. The number of carbonyl (C=O) groups is 1. The molecule has 0 unspecified atom stereocenters. The van der Waals surface area contributed by atoms with E-state index in [4.69, 9.17) is 4.74 Å². The van der Waals surface area contributed by atoms with Crippen molar-refractivity contribution in [2.75, 3.05) is 0 Å². The molecule has 0 amide bonds. The Labute approximate surface area is 181 Å². The van der Waals surface area contributed by atoms with Crippen LogP contribution in [0.25, 0.3) is 6.08 Å². The number of halogens is 1. The van der Waals surface area contributed by atoms with E-state index in [0.29, 0.717) is 5.56 Å². The maximum atomic E-state index is 12.1. The van der Waals surface area contributed by atoms with Gasteiger partial charge in [-0.25, -0.2) is 4.79 Å². The number of nitro benzene ring substituents is 1. The van der Waals surface area contributed by atoms with Crippen LogP contribution in [0.3, 0.4) is 0 Å². The molecule has 0 aliphatic rings. The Hall–Kier alpha value is -3.58. The van der Waals surface area contributed by atoms with Crippen LogP contribution in [-0.4, -0.2) is 17.1 Å². The maximum absolute atomic E-state index is 12.1. The summed E-state index contributed by atoms with van der Waals surface area (Å²) in [7, 11) is 0. The number of hydrogen-bond donors (Lipinski definition) is 0. The van der Waals surface area contributed by atoms with Gasteiger partial charge in [0.25, 0.3) is 0 Å². The summed E-state index contributed by atoms with van der Waals surface area (Å²) in [4.78, 5) is 27.2. The minimum Gasteiger partial charge on any atom is -0.416 e. The van der Waals surface area contributed by atoms with Gasteiger partial charge in [0, 0.05) is 22.8 Å². The molecule has 0 bridgehead atoms. The van der Waals surface area contributed by atoms with E-state index in [9.17, 15) is 14.9 Å². The van der Waals surface area contributed by atoms with E-state index in [1.165, 1.54) is 24.4 Å². The first-order valence-electron chi connectivity index (χ1n) is 8.95. The molecule has 0 saturated carbocycles. The molecule has 0 aliphatic heterocycles. The van der Waals surface area contributed by atoms with Gasteiger partial charge in [-0.05, 0) is 60.5 Å². The normalized spacial score (nSPS) is 11.1. The first-order valence-corrected chi connectivity index (χ1v) is 9.75. The number of esters is 1. The molecule has 0 atom stereocenters. The molecule has 0 fully saturated rings. The molecule has 0 N–H and O–H groups in total. The molecule has 6 nitrogen and oxygen atoms in total. The Kier molecular flexibility index (Phi) is 6.87. The van der Waals surface area contributed by atoms with Gasteiger partial charge in [0.2, 0.25) is 5.75 Å². The van der Waals surface area contributed by atoms with E-state index in [1.54, 1.807) is 12.1 Å². The van der Waals surface area contributed by atoms with Gasteiger partial charge in [-0.2, -0.15) is 0 Å². The van der Waals surface area contributed by atoms with Gasteiger partial charge in [-0.15, -0.1) is 0 Å². The number of aryl methyl sites for hydroxylation is 1. The minimum atomic E-state index is -0.706. The summed E-state index contributed by atoms with van der Waals surface area (Å²) in [5.74, 6) is -0.833. The summed E-state index contributed by atoms with van der Waals surface area (Å²) >= 11 is 3.34. The molecule has 0 radical (unpaired) electrons. The van der Waals surface area contributed by atoms with Crippen LogP contribution in [0.2, 0.25) is 0 Å². The fourth-order valence-electron chi connectivity index (χ4n) is 2.50. The number of carbonyl (C=O) groups excluding carboxylic acids is 1. The smallest absolute Gasteiger partial charge is 0.336 e. The lowest BCUT2D eigenvalue weighted by molar-refractivity contribution is -0.385. The average Bonchev–Trinajstić information content (AvgIpc) is 2.73. The van der Waals surface area contributed by atoms with Crippen LogP contribution in [0.5, 0.6) is 5.75 Å². The molecule has 3 aromatic carbocycles. The van der Waals surface area contributed by atoms with Gasteiger partial charge in [0.05, 0.1) is 10.6 Å². The lowest BCUT2D eigenvalue weighted by Crippen LogP contribution is -2.06. The quantitative estimate of drug-likeness (QED) is 0.111. The Balaban J connectivity index is 1.74. The van der Waals surface area contributed by atoms with Gasteiger partial charge < -0.3 is 4.74 Å². The van der Waals surface area contributed by atoms with E-state index in [0.717, 1.165) is 21.3 Å². The van der Waals surface area contributed by atoms with Crippen molar-refractivity contribution < 1.29 is 14.5 Å². The fourth-order valence-corrected chi connectivity index (χ4v) is 2.77. The fraction of sp³-hybridized carbons (Fsp3) is 0.0435. The average molecular weight is 465 g/mol. The van der Waals surface area contributed by atoms with E-state index in [-0.39, 0.29) is 11.4 Å². The second-order valence-electron chi connectivity index (χ2n) is 6.38. The summed E-state index contributed by atoms with van der Waals surface area (Å²) < 4.78 is 6.08. The van der Waals surface area contributed by atoms with Crippen molar-refractivity contribution in [3.8, 4) is 5.75 Å². The highest BCUT2D eigenvalue weighted by atomic mass is 79.9. The van der Waals surface area contributed by atoms with Gasteiger partial charge in [0.15, 0.2) is 0 Å². The number of ether oxygens (including phenoxy) is 1. The molecule has 3 aromatic rings. The molecule has 0 aromatic heterocycles. The van der Waals surface area contributed by atoms with Crippen LogP contribution in [-0.2, 0) is 4.79 Å². The van der Waals surface area contributed by atoms with Crippen molar-refractivity contribution in [3.05, 3.63) is 104 Å². The highest BCUT2D eigenvalue weighted by Crippen LogP contribution is 2.28. The first kappa shape index (κ1) is 21.1. The number of nitro groups is 1. The Morgan fingerprint density at radius 2 is 1.70 bits per heavy atom. The molecule has 3 rings (SSSR count). The molecule has 0 saturated heterocycles. The third-order valence-electron chi connectivity index (χ3n) is 4.07. The van der Waals surface area contributed by atoms with Crippen molar-refractivity contribution >= 4 is 45.6 Å². The summed E-state index contributed by atoms with van der Waals surface area (Å²) in [6.45, 7) is 1.98. The lowest BCUT2D eigenvalue weighted by Gasteiger charge is -2.04. The Morgan fingerprint density at radius 3 is 2.37 bits per heavy atom. The Morgan fingerprint density at radius 1 is 1.03 bits per heavy atom. The largest absolute Gasteiger partial charge is 0.416 e. The molecule has 0 heterocycles. The lowest BCUT2D eigenvalue weighted by atomic mass is 10.2. The first-order chi connectivity index (χ1) is 14.4. The maximum Gasteiger partial charge on any atom is 0.336 e. The molecule has 7 heteroatoms. The second kappa shape index (κ2) is 9.76. The van der Waals surface area contributed by atoms with Crippen molar-refractivity contribution in [1.29, 1.82) is 0 Å². The van der Waals surface area contributed by atoms with Gasteiger partial charge in [0.1, 0.15) is 0 Å². The highest BCUT2D eigenvalue weighted by Gasteiger charge is 2.17. The summed E-state index contributed by atoms with van der Waals surface area (Å²) in [6.07, 6.45) is 4.32. The molecule has 150 valence electrons. The minimum absolute atomic E-state index is 0.127. The van der Waals surface area contributed by atoms with Crippen molar-refractivity contribution in [2.24, 2.45) is 4.99 Å². The number of hydrogen-bond acceptors (Lipinski definition) is 5. The van der Waals surface area contributed by atoms with Crippen molar-refractivity contribution in [2.45, 2.75) is 6.92 Å². The third kappa shape index (κ3) is 5.96. The van der Waals surface area contributed by atoms with Crippen molar-refractivity contribution in [3.63, 3.8) is 0 Å². The molecule has 30 heavy (non-hydrogen) atoms. The van der Waals surface area contributed by atoms with E-state index >= 15 is 0 Å². The predicted molar refractivity (Wildman–Crippen MR) is 120 cm³/mol. The molecule has 0 aliphatic carbocycles. The number of rotatable bonds is 6. The van der Waals surface area contributed by atoms with Crippen molar-refractivity contribution in [1.82, 2.24) is 0 Å². The van der Waals surface area contributed by atoms with Gasteiger partial charge in [-0.1, -0.05) is 45.8 Å². The SMILES string of the molecule is Cc1ccc(N=Cc2ccc(OC(=O)/C=C/c3ccc(Br)cc3)c([N+](=O)[O-])c2)cc1. The standard InChI is InChI=1S/C23H17BrN2O4/c1-16-2-10-20(11-3-16)25-15-18-6-12-22(21(14-18)26(28)29)30-23(27)13-7-17-4-8-19(24)9-5-17/h2-15H,1H3/b13-7+,25-15?. The summed E-state index contributed by atoms with van der Waals surface area (Å²) in [5, 5.41) is 11.4. The van der Waals surface area contributed by atoms with Crippen LogP contribution >= 0.6 is 15.9 Å². The summed E-state index contributed by atoms with van der Waals surface area (Å²) in [5.41, 5.74) is 2.86. The Bertz CT molecular complexity index is 1120. The van der Waals surface area contributed by atoms with Crippen LogP contribution in [0.1, 0.15) is 16.7 Å². The van der Waals surface area contributed by atoms with E-state index in [1.807, 2.05) is 55.5 Å². The molecular weight excluding hydrogens is 448 g/mol. The van der Waals surface area contributed by atoms with Gasteiger partial charge in [-0.3, -0.25) is 15.1 Å². The van der Waals surface area contributed by atoms with Crippen LogP contribution in [0.15, 0.2) is 82.3 Å². The molecule has 0 spiro atoms. The number of benzene rings is 3. The van der Waals surface area contributed by atoms with E-state index in [2.05, 4.69) is 20.9 Å². The van der Waals surface area contributed by atoms with Crippen LogP contribution in [0.4, 0.5) is 11.4 Å². The third-order valence-corrected chi connectivity index (χ3v) is 4.60. The van der Waals surface area contributed by atoms with E-state index < -0.39 is 10.9 Å². The zero-order chi connectivity index (χ0) is 21.5. The predicted octanol–water partition coefficient (Wildman–Crippen LogP) is 6.04. The number of aliphatic imine (C=N–C) groups is 1. The molecular formula is C23H17BrN2O4. The number of nitrogens with zero attached hydrogens (tertiary/aromatic N) is 2. The topological polar surface area (TPSA) is 81.8 Å². The van der Waals surface area contributed by atoms with Crippen LogP contribution in [0, 0.1) is 17.0 Å².